The Bertz CT molecular complexity index is 731. The number of benzene rings is 2. The highest BCUT2D eigenvalue weighted by Crippen LogP contribution is 2.32. The van der Waals surface area contributed by atoms with Crippen molar-refractivity contribution >= 4 is 17.6 Å². The van der Waals surface area contributed by atoms with Crippen LogP contribution in [0.15, 0.2) is 52.4 Å². The lowest BCUT2D eigenvalue weighted by Crippen LogP contribution is -2.30. The number of rotatable bonds is 6. The van der Waals surface area contributed by atoms with Gasteiger partial charge in [0.25, 0.3) is 0 Å². The first-order chi connectivity index (χ1) is 11.8. The number of hydrogen-bond donors (Lipinski definition) is 1. The van der Waals surface area contributed by atoms with Crippen molar-refractivity contribution in [1.29, 1.82) is 0 Å². The van der Waals surface area contributed by atoms with Crippen molar-refractivity contribution in [1.82, 2.24) is 5.32 Å². The number of ether oxygens (including phenoxy) is 2. The van der Waals surface area contributed by atoms with E-state index in [0.717, 1.165) is 48.2 Å². The molecule has 4 nitrogen and oxygen atoms in total. The molecule has 0 saturated heterocycles. The maximum atomic E-state index is 5.47. The highest BCUT2D eigenvalue weighted by molar-refractivity contribution is 7.98. The van der Waals surface area contributed by atoms with Gasteiger partial charge in [-0.15, -0.1) is 11.8 Å². The molecule has 0 unspecified atom stereocenters. The summed E-state index contributed by atoms with van der Waals surface area (Å²) in [5.74, 6) is 3.54. The largest absolute Gasteiger partial charge is 0.497 e. The molecule has 0 aliphatic carbocycles. The normalized spacial score (nSPS) is 13.8. The Labute approximate surface area is 147 Å². The van der Waals surface area contributed by atoms with Gasteiger partial charge >= 0.3 is 0 Å². The number of hydrogen-bond acceptors (Lipinski definition) is 5. The van der Waals surface area contributed by atoms with Gasteiger partial charge in [-0.05, 0) is 30.7 Å². The summed E-state index contributed by atoms with van der Waals surface area (Å²) in [6, 6.07) is 14.3. The van der Waals surface area contributed by atoms with Crippen LogP contribution >= 0.6 is 11.8 Å². The van der Waals surface area contributed by atoms with E-state index in [0.29, 0.717) is 0 Å². The van der Waals surface area contributed by atoms with Crippen molar-refractivity contribution in [3.8, 4) is 11.5 Å². The fourth-order valence-corrected chi connectivity index (χ4v) is 3.68. The number of amidine groups is 1. The van der Waals surface area contributed by atoms with Gasteiger partial charge in [-0.25, -0.2) is 0 Å². The summed E-state index contributed by atoms with van der Waals surface area (Å²) in [5, 5.41) is 3.41. The Morgan fingerprint density at radius 2 is 2.00 bits per heavy atom. The van der Waals surface area contributed by atoms with Crippen molar-refractivity contribution in [2.24, 2.45) is 4.99 Å². The molecule has 0 atom stereocenters. The van der Waals surface area contributed by atoms with Crippen LogP contribution in [0.25, 0.3) is 0 Å². The van der Waals surface area contributed by atoms with Gasteiger partial charge in [0.15, 0.2) is 0 Å². The molecule has 1 heterocycles. The van der Waals surface area contributed by atoms with Crippen LogP contribution in [-0.4, -0.2) is 33.1 Å². The Hall–Kier alpha value is -2.14. The molecule has 2 aromatic rings. The van der Waals surface area contributed by atoms with Crippen LogP contribution in [0, 0.1) is 0 Å². The van der Waals surface area contributed by atoms with E-state index in [1.807, 2.05) is 18.2 Å². The average molecular weight is 342 g/mol. The molecule has 3 rings (SSSR count). The molecule has 0 radical (unpaired) electrons. The lowest BCUT2D eigenvalue weighted by Gasteiger charge is -2.17. The standard InChI is InChI=1S/C19H22N2O2S/c1-22-15-8-9-17(23-2)14(12-15)13-24-18-7-4-3-6-16(18)19-20-10-5-11-21-19/h3-4,6-9,12H,5,10-11,13H2,1-2H3,(H,20,21). The molecule has 0 amide bonds. The Balaban J connectivity index is 1.81. The Morgan fingerprint density at radius 3 is 2.75 bits per heavy atom. The molecule has 1 aliphatic rings. The van der Waals surface area contributed by atoms with E-state index in [-0.39, 0.29) is 0 Å². The second-order valence-electron chi connectivity index (χ2n) is 5.47. The molecule has 24 heavy (non-hydrogen) atoms. The smallest absolute Gasteiger partial charge is 0.129 e. The van der Waals surface area contributed by atoms with Gasteiger partial charge in [0.2, 0.25) is 0 Å². The van der Waals surface area contributed by atoms with Crippen LogP contribution < -0.4 is 14.8 Å². The molecule has 126 valence electrons. The minimum atomic E-state index is 0.810. The van der Waals surface area contributed by atoms with Crippen molar-refractivity contribution in [2.45, 2.75) is 17.1 Å². The number of thioether (sulfide) groups is 1. The highest BCUT2D eigenvalue weighted by atomic mass is 32.2. The van der Waals surface area contributed by atoms with Crippen molar-refractivity contribution in [3.63, 3.8) is 0 Å². The fraction of sp³-hybridized carbons (Fsp3) is 0.316. The average Bonchev–Trinajstić information content (AvgIpc) is 2.67. The van der Waals surface area contributed by atoms with E-state index in [2.05, 4.69) is 34.6 Å². The van der Waals surface area contributed by atoms with E-state index < -0.39 is 0 Å². The minimum absolute atomic E-state index is 0.810. The molecule has 0 bridgehead atoms. The molecule has 5 heteroatoms. The van der Waals surface area contributed by atoms with E-state index in [4.69, 9.17) is 9.47 Å². The van der Waals surface area contributed by atoms with Crippen LogP contribution in [0.2, 0.25) is 0 Å². The van der Waals surface area contributed by atoms with Gasteiger partial charge in [0, 0.05) is 34.9 Å². The first-order valence-corrected chi connectivity index (χ1v) is 9.02. The summed E-state index contributed by atoms with van der Waals surface area (Å²) in [6.45, 7) is 1.88. The quantitative estimate of drug-likeness (QED) is 0.812. The van der Waals surface area contributed by atoms with E-state index >= 15 is 0 Å². The van der Waals surface area contributed by atoms with Gasteiger partial charge in [-0.1, -0.05) is 18.2 Å². The lowest BCUT2D eigenvalue weighted by molar-refractivity contribution is 0.400. The number of nitrogens with one attached hydrogen (secondary N) is 1. The zero-order valence-electron chi connectivity index (χ0n) is 14.0. The van der Waals surface area contributed by atoms with Gasteiger partial charge < -0.3 is 14.8 Å². The second kappa shape index (κ2) is 8.11. The summed E-state index contributed by atoms with van der Waals surface area (Å²) in [4.78, 5) is 5.84. The van der Waals surface area contributed by atoms with Crippen molar-refractivity contribution < 1.29 is 9.47 Å². The zero-order chi connectivity index (χ0) is 16.8. The fourth-order valence-electron chi connectivity index (χ4n) is 2.65. The van der Waals surface area contributed by atoms with Crippen molar-refractivity contribution in [3.05, 3.63) is 53.6 Å². The molecule has 2 aromatic carbocycles. The third kappa shape index (κ3) is 3.85. The minimum Gasteiger partial charge on any atom is -0.497 e. The predicted octanol–water partition coefficient (Wildman–Crippen LogP) is 3.74. The maximum Gasteiger partial charge on any atom is 0.129 e. The Morgan fingerprint density at radius 1 is 1.12 bits per heavy atom. The van der Waals surface area contributed by atoms with Crippen LogP contribution in [0.1, 0.15) is 17.5 Å². The third-order valence-electron chi connectivity index (χ3n) is 3.91. The van der Waals surface area contributed by atoms with E-state index in [1.165, 1.54) is 10.5 Å². The summed E-state index contributed by atoms with van der Waals surface area (Å²) in [6.07, 6.45) is 1.10. The highest BCUT2D eigenvalue weighted by Gasteiger charge is 2.13. The van der Waals surface area contributed by atoms with Gasteiger partial charge in [0.05, 0.1) is 14.2 Å². The number of methoxy groups -OCH3 is 2. The van der Waals surface area contributed by atoms with Crippen LogP contribution in [0.3, 0.4) is 0 Å². The number of aliphatic imine (C=N–C) groups is 1. The van der Waals surface area contributed by atoms with Crippen LogP contribution in [0.4, 0.5) is 0 Å². The van der Waals surface area contributed by atoms with Gasteiger partial charge in [-0.3, -0.25) is 4.99 Å². The molecule has 1 N–H and O–H groups in total. The second-order valence-corrected chi connectivity index (χ2v) is 6.49. The van der Waals surface area contributed by atoms with Gasteiger partial charge in [0.1, 0.15) is 17.3 Å². The van der Waals surface area contributed by atoms with Crippen LogP contribution in [0.5, 0.6) is 11.5 Å². The molecule has 1 aliphatic heterocycles. The van der Waals surface area contributed by atoms with Gasteiger partial charge in [-0.2, -0.15) is 0 Å². The number of nitrogens with zero attached hydrogens (tertiary/aromatic N) is 1. The first kappa shape index (κ1) is 16.7. The summed E-state index contributed by atoms with van der Waals surface area (Å²) in [5.41, 5.74) is 2.29. The Kier molecular flexibility index (Phi) is 5.64. The van der Waals surface area contributed by atoms with E-state index in [9.17, 15) is 0 Å². The summed E-state index contributed by atoms with van der Waals surface area (Å²) in [7, 11) is 3.38. The third-order valence-corrected chi connectivity index (χ3v) is 5.03. The molecule has 0 fully saturated rings. The molecular formula is C19H22N2O2S. The lowest BCUT2D eigenvalue weighted by atomic mass is 10.2. The van der Waals surface area contributed by atoms with Crippen molar-refractivity contribution in [2.75, 3.05) is 27.3 Å². The monoisotopic (exact) mass is 342 g/mol. The molecule has 0 saturated carbocycles. The first-order valence-electron chi connectivity index (χ1n) is 8.03. The SMILES string of the molecule is COc1ccc(OC)c(CSc2ccccc2C2=NCCCN2)c1. The maximum absolute atomic E-state index is 5.47. The molecule has 0 spiro atoms. The topological polar surface area (TPSA) is 42.9 Å². The predicted molar refractivity (Wildman–Crippen MR) is 99.6 cm³/mol. The van der Waals surface area contributed by atoms with Crippen LogP contribution in [-0.2, 0) is 5.75 Å². The molecular weight excluding hydrogens is 320 g/mol. The zero-order valence-corrected chi connectivity index (χ0v) is 14.9. The van der Waals surface area contributed by atoms with E-state index in [1.54, 1.807) is 26.0 Å². The summed E-state index contributed by atoms with van der Waals surface area (Å²) < 4.78 is 10.8. The summed E-state index contributed by atoms with van der Waals surface area (Å²) >= 11 is 1.79. The molecule has 0 aromatic heterocycles.